The number of hydrogen-bond donors (Lipinski definition) is 2. The average molecular weight is 446 g/mol. The molecule has 0 unspecified atom stereocenters. The lowest BCUT2D eigenvalue weighted by Crippen LogP contribution is -2.04. The molecule has 1 aromatic carbocycles. The van der Waals surface area contributed by atoms with Crippen molar-refractivity contribution in [3.63, 3.8) is 0 Å². The van der Waals surface area contributed by atoms with Crippen LogP contribution in [0.25, 0.3) is 0 Å². The zero-order valence-electron chi connectivity index (χ0n) is 20.7. The van der Waals surface area contributed by atoms with Crippen LogP contribution in [-0.2, 0) is 4.79 Å². The average Bonchev–Trinajstić information content (AvgIpc) is 2.76. The standard InChI is InChI=1S/C28H47NO3/c1-24(2)16-13-11-9-7-5-3-4-6-8-10-12-14-23-29-26-21-19-25(20-22-26)27(30)17-15-18-28(31)32/h19-22,24,29H,3-18,23H2,1-2H3,(H,31,32). The number of benzene rings is 1. The first-order chi connectivity index (χ1) is 15.5. The summed E-state index contributed by atoms with van der Waals surface area (Å²) in [4.78, 5) is 22.6. The molecule has 1 rings (SSSR count). The number of ketones is 1. The number of hydrogen-bond acceptors (Lipinski definition) is 3. The molecule has 0 fully saturated rings. The van der Waals surface area contributed by atoms with Crippen LogP contribution in [0.5, 0.6) is 0 Å². The SMILES string of the molecule is CC(C)CCCCCCCCCCCCCCNc1ccc(C(=O)CCCC(=O)O)cc1. The van der Waals surface area contributed by atoms with Gasteiger partial charge in [0.05, 0.1) is 0 Å². The fraction of sp³-hybridized carbons (Fsp3) is 0.714. The van der Waals surface area contributed by atoms with E-state index in [9.17, 15) is 9.59 Å². The normalized spacial score (nSPS) is 11.1. The van der Waals surface area contributed by atoms with Crippen molar-refractivity contribution in [2.45, 2.75) is 117 Å². The van der Waals surface area contributed by atoms with Crippen molar-refractivity contribution < 1.29 is 14.7 Å². The van der Waals surface area contributed by atoms with Gasteiger partial charge in [-0.1, -0.05) is 90.9 Å². The zero-order chi connectivity index (χ0) is 23.4. The summed E-state index contributed by atoms with van der Waals surface area (Å²) in [5.74, 6) is 0.0217. The van der Waals surface area contributed by atoms with Gasteiger partial charge in [-0.15, -0.1) is 0 Å². The topological polar surface area (TPSA) is 66.4 Å². The molecule has 0 heterocycles. The number of anilines is 1. The van der Waals surface area contributed by atoms with E-state index in [2.05, 4.69) is 19.2 Å². The molecule has 4 heteroatoms. The first-order valence-electron chi connectivity index (χ1n) is 13.1. The van der Waals surface area contributed by atoms with Gasteiger partial charge >= 0.3 is 5.97 Å². The van der Waals surface area contributed by atoms with Crippen LogP contribution in [0.1, 0.15) is 127 Å². The monoisotopic (exact) mass is 445 g/mol. The van der Waals surface area contributed by atoms with Crippen LogP contribution in [-0.4, -0.2) is 23.4 Å². The Balaban J connectivity index is 1.93. The van der Waals surface area contributed by atoms with Gasteiger partial charge in [0.15, 0.2) is 5.78 Å². The quantitative estimate of drug-likeness (QED) is 0.148. The molecule has 0 bridgehead atoms. The second-order valence-electron chi connectivity index (χ2n) is 9.60. The van der Waals surface area contributed by atoms with Crippen molar-refractivity contribution in [1.82, 2.24) is 0 Å². The van der Waals surface area contributed by atoms with E-state index in [-0.39, 0.29) is 18.6 Å². The summed E-state index contributed by atoms with van der Waals surface area (Å²) in [7, 11) is 0. The van der Waals surface area contributed by atoms with Gasteiger partial charge in [-0.2, -0.15) is 0 Å². The van der Waals surface area contributed by atoms with E-state index >= 15 is 0 Å². The minimum Gasteiger partial charge on any atom is -0.481 e. The summed E-state index contributed by atoms with van der Waals surface area (Å²) in [5.41, 5.74) is 1.70. The Kier molecular flexibility index (Phi) is 16.5. The van der Waals surface area contributed by atoms with E-state index in [4.69, 9.17) is 5.11 Å². The summed E-state index contributed by atoms with van der Waals surface area (Å²) in [6.45, 7) is 5.59. The summed E-state index contributed by atoms with van der Waals surface area (Å²) in [5, 5.41) is 12.1. The van der Waals surface area contributed by atoms with E-state index in [1.54, 1.807) is 0 Å². The Labute approximate surface area is 196 Å². The molecule has 0 aliphatic rings. The number of rotatable bonds is 21. The number of carbonyl (C=O) groups excluding carboxylic acids is 1. The Morgan fingerprint density at radius 3 is 1.72 bits per heavy atom. The molecule has 1 aromatic rings. The second-order valence-corrected chi connectivity index (χ2v) is 9.60. The highest BCUT2D eigenvalue weighted by atomic mass is 16.4. The van der Waals surface area contributed by atoms with Gasteiger partial charge in [0.25, 0.3) is 0 Å². The molecule has 0 aromatic heterocycles. The fourth-order valence-corrected chi connectivity index (χ4v) is 4.00. The first-order valence-corrected chi connectivity index (χ1v) is 13.1. The third-order valence-electron chi connectivity index (χ3n) is 6.04. The maximum Gasteiger partial charge on any atom is 0.303 e. The van der Waals surface area contributed by atoms with E-state index in [0.29, 0.717) is 12.0 Å². The van der Waals surface area contributed by atoms with E-state index in [0.717, 1.165) is 18.2 Å². The largest absolute Gasteiger partial charge is 0.481 e. The molecule has 0 saturated heterocycles. The number of carboxylic acid groups (broad SMARTS) is 1. The van der Waals surface area contributed by atoms with Crippen LogP contribution < -0.4 is 5.32 Å². The van der Waals surface area contributed by atoms with Gasteiger partial charge in [0.1, 0.15) is 0 Å². The molecule has 0 radical (unpaired) electrons. The molecule has 182 valence electrons. The molecule has 0 aliphatic heterocycles. The van der Waals surface area contributed by atoms with Crippen LogP contribution in [0, 0.1) is 5.92 Å². The molecular formula is C28H47NO3. The molecule has 2 N–H and O–H groups in total. The number of unbranched alkanes of at least 4 members (excludes halogenated alkanes) is 11. The Hall–Kier alpha value is -1.84. The second kappa shape index (κ2) is 18.7. The molecule has 32 heavy (non-hydrogen) atoms. The predicted molar refractivity (Wildman–Crippen MR) is 136 cm³/mol. The number of Topliss-reactive ketones (excluding diaryl/α,β-unsaturated/α-hetero) is 1. The van der Waals surface area contributed by atoms with E-state index in [1.807, 2.05) is 24.3 Å². The minimum absolute atomic E-state index is 0.0134. The van der Waals surface area contributed by atoms with Crippen molar-refractivity contribution in [1.29, 1.82) is 0 Å². The maximum atomic E-state index is 12.0. The smallest absolute Gasteiger partial charge is 0.303 e. The summed E-state index contributed by atoms with van der Waals surface area (Å²) < 4.78 is 0. The van der Waals surface area contributed by atoms with Crippen LogP contribution in [0.15, 0.2) is 24.3 Å². The zero-order valence-corrected chi connectivity index (χ0v) is 20.7. The van der Waals surface area contributed by atoms with E-state index < -0.39 is 5.97 Å². The molecule has 0 atom stereocenters. The summed E-state index contributed by atoms with van der Waals surface area (Å²) in [6, 6.07) is 7.54. The van der Waals surface area contributed by atoms with E-state index in [1.165, 1.54) is 83.5 Å². The van der Waals surface area contributed by atoms with Gasteiger partial charge in [0.2, 0.25) is 0 Å². The summed E-state index contributed by atoms with van der Waals surface area (Å²) >= 11 is 0. The highest BCUT2D eigenvalue weighted by Crippen LogP contribution is 2.15. The lowest BCUT2D eigenvalue weighted by atomic mass is 10.0. The van der Waals surface area contributed by atoms with Gasteiger partial charge in [0, 0.05) is 30.6 Å². The number of nitrogens with one attached hydrogen (secondary N) is 1. The lowest BCUT2D eigenvalue weighted by molar-refractivity contribution is -0.137. The highest BCUT2D eigenvalue weighted by Gasteiger charge is 2.07. The van der Waals surface area contributed by atoms with Crippen molar-refractivity contribution in [2.75, 3.05) is 11.9 Å². The highest BCUT2D eigenvalue weighted by molar-refractivity contribution is 5.96. The summed E-state index contributed by atoms with van der Waals surface area (Å²) in [6.07, 6.45) is 18.5. The van der Waals surface area contributed by atoms with Crippen LogP contribution >= 0.6 is 0 Å². The van der Waals surface area contributed by atoms with Crippen molar-refractivity contribution >= 4 is 17.4 Å². The van der Waals surface area contributed by atoms with Crippen LogP contribution in [0.2, 0.25) is 0 Å². The van der Waals surface area contributed by atoms with Gasteiger partial charge in [-0.25, -0.2) is 0 Å². The minimum atomic E-state index is -0.851. The molecular weight excluding hydrogens is 398 g/mol. The van der Waals surface area contributed by atoms with Gasteiger partial charge in [-0.3, -0.25) is 9.59 Å². The molecule has 0 amide bonds. The van der Waals surface area contributed by atoms with Crippen LogP contribution in [0.3, 0.4) is 0 Å². The molecule has 4 nitrogen and oxygen atoms in total. The lowest BCUT2D eigenvalue weighted by Gasteiger charge is -2.08. The third kappa shape index (κ3) is 15.9. The van der Waals surface area contributed by atoms with Gasteiger partial charge in [-0.05, 0) is 43.0 Å². The van der Waals surface area contributed by atoms with Crippen molar-refractivity contribution in [3.8, 4) is 0 Å². The maximum absolute atomic E-state index is 12.0. The Morgan fingerprint density at radius 2 is 1.22 bits per heavy atom. The molecule has 0 aliphatic carbocycles. The predicted octanol–water partition coefficient (Wildman–Crippen LogP) is 8.26. The molecule has 0 spiro atoms. The molecule has 0 saturated carbocycles. The van der Waals surface area contributed by atoms with Gasteiger partial charge < -0.3 is 10.4 Å². The third-order valence-corrected chi connectivity index (χ3v) is 6.04. The number of carboxylic acids is 1. The Bertz CT molecular complexity index is 610. The first kappa shape index (κ1) is 28.2. The van der Waals surface area contributed by atoms with Crippen molar-refractivity contribution in [2.24, 2.45) is 5.92 Å². The Morgan fingerprint density at radius 1 is 0.719 bits per heavy atom. The fourth-order valence-electron chi connectivity index (χ4n) is 4.00. The number of carbonyl (C=O) groups is 2. The van der Waals surface area contributed by atoms with Crippen molar-refractivity contribution in [3.05, 3.63) is 29.8 Å². The van der Waals surface area contributed by atoms with Crippen LogP contribution in [0.4, 0.5) is 5.69 Å². The number of aliphatic carboxylic acids is 1.